The van der Waals surface area contributed by atoms with E-state index in [1.807, 2.05) is 0 Å². The van der Waals surface area contributed by atoms with Crippen molar-refractivity contribution in [2.24, 2.45) is 0 Å². The molecule has 0 fully saturated rings. The van der Waals surface area contributed by atoms with Gasteiger partial charge in [0.15, 0.2) is 5.15 Å². The quantitative estimate of drug-likeness (QED) is 0.736. The molecule has 0 aliphatic carbocycles. The number of phenols is 1. The third-order valence-corrected chi connectivity index (χ3v) is 3.74. The summed E-state index contributed by atoms with van der Waals surface area (Å²) in [5.41, 5.74) is 1.44. The Kier molecular flexibility index (Phi) is 3.96. The number of hydrogen-bond acceptors (Lipinski definition) is 3. The number of aromatic hydroxyl groups is 1. The van der Waals surface area contributed by atoms with E-state index in [9.17, 15) is 13.9 Å². The molecule has 0 bridgehead atoms. The zero-order valence-corrected chi connectivity index (χ0v) is 12.8. The summed E-state index contributed by atoms with van der Waals surface area (Å²) in [5, 5.41) is 17.0. The second-order valence-corrected chi connectivity index (χ2v) is 5.33. The van der Waals surface area contributed by atoms with Crippen LogP contribution in [0.5, 0.6) is 5.75 Å². The smallest absolute Gasteiger partial charge is 0.160 e. The monoisotopic (exact) mass is 332 g/mol. The lowest BCUT2D eigenvalue weighted by Gasteiger charge is -2.14. The van der Waals surface area contributed by atoms with Crippen molar-refractivity contribution in [3.63, 3.8) is 0 Å². The minimum atomic E-state index is -0.737. The van der Waals surface area contributed by atoms with Crippen LogP contribution in [0.25, 0.3) is 22.3 Å². The zero-order chi connectivity index (χ0) is 16.6. The lowest BCUT2D eigenvalue weighted by atomic mass is 9.94. The molecule has 6 heteroatoms. The maximum Gasteiger partial charge on any atom is 0.160 e. The van der Waals surface area contributed by atoms with Gasteiger partial charge in [-0.2, -0.15) is 5.10 Å². The van der Waals surface area contributed by atoms with E-state index >= 15 is 0 Å². The van der Waals surface area contributed by atoms with Crippen LogP contribution in [-0.4, -0.2) is 15.3 Å². The van der Waals surface area contributed by atoms with Crippen LogP contribution in [0.2, 0.25) is 5.15 Å². The van der Waals surface area contributed by atoms with E-state index < -0.39 is 11.6 Å². The number of hydrogen-bond donors (Lipinski definition) is 1. The summed E-state index contributed by atoms with van der Waals surface area (Å²) in [5.74, 6) is -1.39. The van der Waals surface area contributed by atoms with Crippen molar-refractivity contribution in [1.82, 2.24) is 10.2 Å². The molecule has 3 rings (SSSR count). The number of phenolic OH excluding ortho intramolecular Hbond substituents is 1. The average Bonchev–Trinajstić information content (AvgIpc) is 2.52. The summed E-state index contributed by atoms with van der Waals surface area (Å²) in [6, 6.07) is 9.80. The van der Waals surface area contributed by atoms with E-state index in [2.05, 4.69) is 10.2 Å². The van der Waals surface area contributed by atoms with E-state index in [1.165, 1.54) is 18.2 Å². The van der Waals surface area contributed by atoms with Crippen LogP contribution in [0, 0.1) is 18.6 Å². The third-order valence-electron chi connectivity index (χ3n) is 3.47. The average molecular weight is 333 g/mol. The molecule has 116 valence electrons. The van der Waals surface area contributed by atoms with Crippen molar-refractivity contribution in [1.29, 1.82) is 0 Å². The molecule has 0 atom stereocenters. The van der Waals surface area contributed by atoms with Gasteiger partial charge in [-0.25, -0.2) is 8.78 Å². The maximum atomic E-state index is 14.2. The Morgan fingerprint density at radius 3 is 2.09 bits per heavy atom. The van der Waals surface area contributed by atoms with Crippen molar-refractivity contribution >= 4 is 11.6 Å². The van der Waals surface area contributed by atoms with Gasteiger partial charge in [0, 0.05) is 11.1 Å². The molecule has 0 saturated carbocycles. The first-order chi connectivity index (χ1) is 11.0. The Hall–Kier alpha value is -2.53. The normalized spacial score (nSPS) is 10.8. The second kappa shape index (κ2) is 5.93. The molecular formula is C17H11ClF2N2O. The van der Waals surface area contributed by atoms with E-state index in [1.54, 1.807) is 19.1 Å². The minimum Gasteiger partial charge on any atom is -0.508 e. The number of rotatable bonds is 2. The highest BCUT2D eigenvalue weighted by molar-refractivity contribution is 6.32. The molecule has 1 aromatic heterocycles. The first kappa shape index (κ1) is 15.4. The van der Waals surface area contributed by atoms with Gasteiger partial charge in [0.05, 0.1) is 11.3 Å². The maximum absolute atomic E-state index is 14.2. The predicted molar refractivity (Wildman–Crippen MR) is 84.2 cm³/mol. The van der Waals surface area contributed by atoms with Crippen molar-refractivity contribution in [3.05, 3.63) is 64.9 Å². The standard InChI is InChI=1S/C17H11ClF2N2O/c1-9-14(10-5-7-11(23)8-6-10)16(17(18)22-21-9)15-12(19)3-2-4-13(15)20/h2-8,23H,1H3. The van der Waals surface area contributed by atoms with Crippen LogP contribution in [0.1, 0.15) is 5.69 Å². The fourth-order valence-electron chi connectivity index (χ4n) is 2.45. The fourth-order valence-corrected chi connectivity index (χ4v) is 2.68. The Balaban J connectivity index is 2.37. The van der Waals surface area contributed by atoms with Crippen molar-refractivity contribution in [2.75, 3.05) is 0 Å². The number of halogens is 3. The minimum absolute atomic E-state index is 0.0816. The van der Waals surface area contributed by atoms with Gasteiger partial charge in [0.1, 0.15) is 17.4 Å². The zero-order valence-electron chi connectivity index (χ0n) is 12.0. The molecule has 3 aromatic rings. The summed E-state index contributed by atoms with van der Waals surface area (Å²) in [7, 11) is 0. The van der Waals surface area contributed by atoms with E-state index in [-0.39, 0.29) is 22.0 Å². The van der Waals surface area contributed by atoms with Crippen molar-refractivity contribution in [3.8, 4) is 28.0 Å². The predicted octanol–water partition coefficient (Wildman–Crippen LogP) is 4.76. The first-order valence-corrected chi connectivity index (χ1v) is 7.13. The highest BCUT2D eigenvalue weighted by Gasteiger charge is 2.22. The number of benzene rings is 2. The molecule has 0 spiro atoms. The molecule has 1 N–H and O–H groups in total. The molecule has 0 aliphatic rings. The van der Waals surface area contributed by atoms with Crippen molar-refractivity contribution < 1.29 is 13.9 Å². The summed E-state index contributed by atoms with van der Waals surface area (Å²) >= 11 is 6.10. The topological polar surface area (TPSA) is 46.0 Å². The molecule has 0 saturated heterocycles. The Morgan fingerprint density at radius 2 is 1.48 bits per heavy atom. The largest absolute Gasteiger partial charge is 0.508 e. The van der Waals surface area contributed by atoms with Crippen LogP contribution < -0.4 is 0 Å². The molecule has 0 unspecified atom stereocenters. The summed E-state index contributed by atoms with van der Waals surface area (Å²) in [6.45, 7) is 1.67. The first-order valence-electron chi connectivity index (χ1n) is 6.75. The van der Waals surface area contributed by atoms with Gasteiger partial charge in [-0.05, 0) is 36.8 Å². The highest BCUT2D eigenvalue weighted by Crippen LogP contribution is 2.40. The van der Waals surface area contributed by atoms with Crippen molar-refractivity contribution in [2.45, 2.75) is 6.92 Å². The molecule has 1 heterocycles. The summed E-state index contributed by atoms with van der Waals surface area (Å²) < 4.78 is 28.4. The molecule has 0 radical (unpaired) electrons. The molecule has 3 nitrogen and oxygen atoms in total. The Morgan fingerprint density at radius 1 is 0.870 bits per heavy atom. The Bertz CT molecular complexity index is 862. The molecule has 23 heavy (non-hydrogen) atoms. The van der Waals surface area contributed by atoms with Gasteiger partial charge in [-0.3, -0.25) is 0 Å². The number of aromatic nitrogens is 2. The molecular weight excluding hydrogens is 322 g/mol. The Labute approximate surface area is 136 Å². The van der Waals surface area contributed by atoms with Crippen LogP contribution in [-0.2, 0) is 0 Å². The third kappa shape index (κ3) is 2.75. The van der Waals surface area contributed by atoms with Gasteiger partial charge in [0.25, 0.3) is 0 Å². The SMILES string of the molecule is Cc1nnc(Cl)c(-c2c(F)cccc2F)c1-c1ccc(O)cc1. The lowest BCUT2D eigenvalue weighted by Crippen LogP contribution is -2.00. The van der Waals surface area contributed by atoms with Crippen LogP contribution in [0.15, 0.2) is 42.5 Å². The lowest BCUT2D eigenvalue weighted by molar-refractivity contribution is 0.475. The molecule has 2 aromatic carbocycles. The van der Waals surface area contributed by atoms with Crippen LogP contribution in [0.3, 0.4) is 0 Å². The van der Waals surface area contributed by atoms with Gasteiger partial charge < -0.3 is 5.11 Å². The summed E-state index contributed by atoms with van der Waals surface area (Å²) in [4.78, 5) is 0. The van der Waals surface area contributed by atoms with Gasteiger partial charge in [-0.15, -0.1) is 5.10 Å². The molecule has 0 aliphatic heterocycles. The van der Waals surface area contributed by atoms with Gasteiger partial charge in [-0.1, -0.05) is 29.8 Å². The molecule has 0 amide bonds. The number of nitrogens with zero attached hydrogens (tertiary/aromatic N) is 2. The van der Waals surface area contributed by atoms with E-state index in [4.69, 9.17) is 11.6 Å². The second-order valence-electron chi connectivity index (χ2n) is 4.97. The highest BCUT2D eigenvalue weighted by atomic mass is 35.5. The number of aryl methyl sites for hydroxylation is 1. The fraction of sp³-hybridized carbons (Fsp3) is 0.0588. The van der Waals surface area contributed by atoms with Gasteiger partial charge in [0.2, 0.25) is 0 Å². The van der Waals surface area contributed by atoms with Crippen LogP contribution in [0.4, 0.5) is 8.78 Å². The van der Waals surface area contributed by atoms with E-state index in [0.717, 1.165) is 12.1 Å². The van der Waals surface area contributed by atoms with Gasteiger partial charge >= 0.3 is 0 Å². The van der Waals surface area contributed by atoms with E-state index in [0.29, 0.717) is 16.8 Å². The summed E-state index contributed by atoms with van der Waals surface area (Å²) in [6.07, 6.45) is 0. The van der Waals surface area contributed by atoms with Crippen LogP contribution >= 0.6 is 11.6 Å².